The van der Waals surface area contributed by atoms with Crippen molar-refractivity contribution in [1.29, 1.82) is 0 Å². The number of benzene rings is 1. The zero-order valence-electron chi connectivity index (χ0n) is 10.3. The fraction of sp³-hybridized carbons (Fsp3) is 0.286. The molecule has 0 aliphatic heterocycles. The van der Waals surface area contributed by atoms with E-state index in [9.17, 15) is 0 Å². The third-order valence-corrected chi connectivity index (χ3v) is 3.11. The van der Waals surface area contributed by atoms with E-state index >= 15 is 0 Å². The van der Waals surface area contributed by atoms with E-state index in [0.717, 1.165) is 22.1 Å². The third-order valence-electron chi connectivity index (χ3n) is 2.24. The van der Waals surface area contributed by atoms with Crippen molar-refractivity contribution in [3.63, 3.8) is 0 Å². The molecule has 3 heteroatoms. The number of aromatic nitrogens is 2. The Balaban J connectivity index is 2.38. The molecule has 0 N–H and O–H groups in total. The molecule has 0 aliphatic carbocycles. The molecule has 17 heavy (non-hydrogen) atoms. The zero-order valence-corrected chi connectivity index (χ0v) is 11.2. The SMILES string of the molecule is Cc1cc(-c2ccccc2)nc(SC(C)C)n1. The number of aryl methyl sites for hydroxylation is 1. The minimum atomic E-state index is 0.500. The summed E-state index contributed by atoms with van der Waals surface area (Å²) in [6.07, 6.45) is 0. The van der Waals surface area contributed by atoms with Gasteiger partial charge in [-0.05, 0) is 13.0 Å². The molecule has 0 spiro atoms. The van der Waals surface area contributed by atoms with E-state index in [0.29, 0.717) is 5.25 Å². The maximum atomic E-state index is 4.60. The Kier molecular flexibility index (Phi) is 3.79. The first-order valence-electron chi connectivity index (χ1n) is 5.73. The summed E-state index contributed by atoms with van der Waals surface area (Å²) in [6.45, 7) is 6.32. The molecule has 0 aliphatic rings. The molecule has 1 aromatic heterocycles. The third kappa shape index (κ3) is 3.30. The zero-order chi connectivity index (χ0) is 12.3. The van der Waals surface area contributed by atoms with E-state index in [4.69, 9.17) is 0 Å². The van der Waals surface area contributed by atoms with E-state index < -0.39 is 0 Å². The molecular formula is C14H16N2S. The number of thioether (sulfide) groups is 1. The van der Waals surface area contributed by atoms with Crippen molar-refractivity contribution in [2.45, 2.75) is 31.2 Å². The molecule has 2 rings (SSSR count). The van der Waals surface area contributed by atoms with Crippen LogP contribution in [0, 0.1) is 6.92 Å². The van der Waals surface area contributed by atoms with Gasteiger partial charge in [0.05, 0.1) is 5.69 Å². The molecule has 1 heterocycles. The molecule has 1 aromatic carbocycles. The Bertz CT molecular complexity index is 495. The molecule has 0 saturated carbocycles. The standard InChI is InChI=1S/C14H16N2S/c1-10(2)17-14-15-11(3)9-13(16-14)12-7-5-4-6-8-12/h4-10H,1-3H3. The molecule has 2 aromatic rings. The van der Waals surface area contributed by atoms with Gasteiger partial charge in [0.15, 0.2) is 5.16 Å². The van der Waals surface area contributed by atoms with Gasteiger partial charge in [-0.3, -0.25) is 0 Å². The van der Waals surface area contributed by atoms with Crippen LogP contribution in [0.25, 0.3) is 11.3 Å². The normalized spacial score (nSPS) is 10.8. The van der Waals surface area contributed by atoms with Gasteiger partial charge in [-0.1, -0.05) is 55.9 Å². The predicted molar refractivity (Wildman–Crippen MR) is 73.2 cm³/mol. The number of nitrogens with zero attached hydrogens (tertiary/aromatic N) is 2. The Morgan fingerprint density at radius 3 is 2.41 bits per heavy atom. The highest BCUT2D eigenvalue weighted by molar-refractivity contribution is 7.99. The van der Waals surface area contributed by atoms with Crippen molar-refractivity contribution >= 4 is 11.8 Å². The molecule has 0 amide bonds. The second-order valence-corrected chi connectivity index (χ2v) is 5.75. The summed E-state index contributed by atoms with van der Waals surface area (Å²) >= 11 is 1.70. The summed E-state index contributed by atoms with van der Waals surface area (Å²) in [5.74, 6) is 0. The lowest BCUT2D eigenvalue weighted by molar-refractivity contribution is 0.928. The molecule has 0 radical (unpaired) electrons. The Hall–Kier alpha value is -1.35. The molecule has 0 unspecified atom stereocenters. The van der Waals surface area contributed by atoms with E-state index in [1.54, 1.807) is 11.8 Å². The average Bonchev–Trinajstić information content (AvgIpc) is 2.28. The van der Waals surface area contributed by atoms with E-state index in [-0.39, 0.29) is 0 Å². The summed E-state index contributed by atoms with van der Waals surface area (Å²) in [5.41, 5.74) is 3.16. The Morgan fingerprint density at radius 1 is 1.06 bits per heavy atom. The number of rotatable bonds is 3. The molecule has 0 saturated heterocycles. The van der Waals surface area contributed by atoms with Crippen molar-refractivity contribution in [2.75, 3.05) is 0 Å². The van der Waals surface area contributed by atoms with Gasteiger partial charge < -0.3 is 0 Å². The lowest BCUT2D eigenvalue weighted by atomic mass is 10.1. The first kappa shape index (κ1) is 12.1. The second-order valence-electron chi connectivity index (χ2n) is 4.21. The van der Waals surface area contributed by atoms with Crippen molar-refractivity contribution < 1.29 is 0 Å². The Labute approximate surface area is 107 Å². The topological polar surface area (TPSA) is 25.8 Å². The van der Waals surface area contributed by atoms with Gasteiger partial charge in [0.1, 0.15) is 0 Å². The van der Waals surface area contributed by atoms with Crippen molar-refractivity contribution in [3.05, 3.63) is 42.1 Å². The van der Waals surface area contributed by atoms with Crippen LogP contribution < -0.4 is 0 Å². The molecule has 0 atom stereocenters. The van der Waals surface area contributed by atoms with Crippen molar-refractivity contribution in [2.24, 2.45) is 0 Å². The van der Waals surface area contributed by atoms with Crippen LogP contribution in [0.2, 0.25) is 0 Å². The number of hydrogen-bond acceptors (Lipinski definition) is 3. The Morgan fingerprint density at radius 2 is 1.76 bits per heavy atom. The number of hydrogen-bond donors (Lipinski definition) is 0. The van der Waals surface area contributed by atoms with Crippen LogP contribution in [-0.4, -0.2) is 15.2 Å². The van der Waals surface area contributed by atoms with Gasteiger partial charge in [-0.2, -0.15) is 0 Å². The van der Waals surface area contributed by atoms with Crippen LogP contribution in [0.15, 0.2) is 41.6 Å². The van der Waals surface area contributed by atoms with Crippen LogP contribution in [0.4, 0.5) is 0 Å². The van der Waals surface area contributed by atoms with Gasteiger partial charge >= 0.3 is 0 Å². The fourth-order valence-corrected chi connectivity index (χ4v) is 2.33. The van der Waals surface area contributed by atoms with Crippen LogP contribution in [0.5, 0.6) is 0 Å². The van der Waals surface area contributed by atoms with E-state index in [2.05, 4.69) is 35.9 Å². The summed E-state index contributed by atoms with van der Waals surface area (Å²) in [4.78, 5) is 9.05. The maximum Gasteiger partial charge on any atom is 0.188 e. The first-order chi connectivity index (χ1) is 8.15. The minimum Gasteiger partial charge on any atom is -0.228 e. The van der Waals surface area contributed by atoms with Crippen molar-refractivity contribution in [3.8, 4) is 11.3 Å². The minimum absolute atomic E-state index is 0.500. The molecule has 2 nitrogen and oxygen atoms in total. The van der Waals surface area contributed by atoms with E-state index in [1.807, 2.05) is 31.2 Å². The first-order valence-corrected chi connectivity index (χ1v) is 6.61. The monoisotopic (exact) mass is 244 g/mol. The predicted octanol–water partition coefficient (Wildman–Crippen LogP) is 3.95. The van der Waals surface area contributed by atoms with E-state index in [1.165, 1.54) is 0 Å². The maximum absolute atomic E-state index is 4.60. The highest BCUT2D eigenvalue weighted by atomic mass is 32.2. The second kappa shape index (κ2) is 5.32. The van der Waals surface area contributed by atoms with Crippen LogP contribution in [0.3, 0.4) is 0 Å². The molecule has 88 valence electrons. The highest BCUT2D eigenvalue weighted by Crippen LogP contribution is 2.23. The van der Waals surface area contributed by atoms with Gasteiger partial charge in [0.25, 0.3) is 0 Å². The smallest absolute Gasteiger partial charge is 0.188 e. The van der Waals surface area contributed by atoms with Gasteiger partial charge in [0, 0.05) is 16.5 Å². The molecule has 0 bridgehead atoms. The summed E-state index contributed by atoms with van der Waals surface area (Å²) in [5, 5.41) is 1.36. The lowest BCUT2D eigenvalue weighted by Crippen LogP contribution is -1.96. The molecule has 0 fully saturated rings. The summed E-state index contributed by atoms with van der Waals surface area (Å²) in [7, 11) is 0. The van der Waals surface area contributed by atoms with Gasteiger partial charge in [0.2, 0.25) is 0 Å². The molecular weight excluding hydrogens is 228 g/mol. The highest BCUT2D eigenvalue weighted by Gasteiger charge is 2.06. The fourth-order valence-electron chi connectivity index (χ4n) is 1.56. The summed E-state index contributed by atoms with van der Waals surface area (Å²) < 4.78 is 0. The van der Waals surface area contributed by atoms with Crippen LogP contribution in [0.1, 0.15) is 19.5 Å². The van der Waals surface area contributed by atoms with Gasteiger partial charge in [-0.25, -0.2) is 9.97 Å². The van der Waals surface area contributed by atoms with Gasteiger partial charge in [-0.15, -0.1) is 0 Å². The lowest BCUT2D eigenvalue weighted by Gasteiger charge is -2.07. The van der Waals surface area contributed by atoms with Crippen LogP contribution in [-0.2, 0) is 0 Å². The quantitative estimate of drug-likeness (QED) is 0.604. The summed E-state index contributed by atoms with van der Waals surface area (Å²) in [6, 6.07) is 12.3. The van der Waals surface area contributed by atoms with Crippen LogP contribution >= 0.6 is 11.8 Å². The van der Waals surface area contributed by atoms with Crippen molar-refractivity contribution in [1.82, 2.24) is 9.97 Å². The largest absolute Gasteiger partial charge is 0.228 e. The average molecular weight is 244 g/mol.